The monoisotopic (exact) mass is 298 g/mol. The molecule has 6 heteroatoms. The summed E-state index contributed by atoms with van der Waals surface area (Å²) in [7, 11) is 0. The maximum Gasteiger partial charge on any atom is 0.250 e. The zero-order valence-corrected chi connectivity index (χ0v) is 11.4. The summed E-state index contributed by atoms with van der Waals surface area (Å²) in [6.45, 7) is 0. The van der Waals surface area contributed by atoms with Crippen LogP contribution in [0.2, 0.25) is 10.0 Å². The van der Waals surface area contributed by atoms with E-state index in [1.807, 2.05) is 0 Å². The summed E-state index contributed by atoms with van der Waals surface area (Å²) in [5.41, 5.74) is 0.693. The van der Waals surface area contributed by atoms with E-state index in [-0.39, 0.29) is 5.91 Å². The normalized spacial score (nSPS) is 10.8. The zero-order chi connectivity index (χ0) is 13.0. The summed E-state index contributed by atoms with van der Waals surface area (Å²) >= 11 is 13.2. The molecule has 2 aromatic rings. The average Bonchev–Trinajstić information content (AvgIpc) is 2.84. The standard InChI is InChI=1S/C12H8Cl2N2OS/c13-9-3-1-2-8(11(9)14)4-5-10(17)16-12-15-6-7-18-12/h1-7H,(H,15,16,17)/b5-4+. The number of nitrogens with one attached hydrogen (secondary N) is 1. The van der Waals surface area contributed by atoms with Gasteiger partial charge < -0.3 is 0 Å². The third-order valence-corrected chi connectivity index (χ3v) is 3.58. The Labute approximate surface area is 118 Å². The SMILES string of the molecule is O=C(/C=C/c1cccc(Cl)c1Cl)Nc1nccs1. The molecule has 0 saturated heterocycles. The number of rotatable bonds is 3. The number of benzene rings is 1. The number of nitrogens with zero attached hydrogens (tertiary/aromatic N) is 1. The Morgan fingerprint density at radius 1 is 1.39 bits per heavy atom. The molecular weight excluding hydrogens is 291 g/mol. The molecule has 18 heavy (non-hydrogen) atoms. The third-order valence-electron chi connectivity index (χ3n) is 2.06. The van der Waals surface area contributed by atoms with Crippen LogP contribution in [-0.2, 0) is 4.79 Å². The molecule has 1 heterocycles. The van der Waals surface area contributed by atoms with Crippen LogP contribution in [0.1, 0.15) is 5.56 Å². The number of halogens is 2. The number of hydrogen-bond acceptors (Lipinski definition) is 3. The second kappa shape index (κ2) is 6.00. The molecule has 0 unspecified atom stereocenters. The van der Waals surface area contributed by atoms with Crippen molar-refractivity contribution in [2.24, 2.45) is 0 Å². The van der Waals surface area contributed by atoms with Crippen LogP contribution in [-0.4, -0.2) is 10.9 Å². The van der Waals surface area contributed by atoms with Crippen molar-refractivity contribution in [2.45, 2.75) is 0 Å². The zero-order valence-electron chi connectivity index (χ0n) is 9.06. The van der Waals surface area contributed by atoms with Gasteiger partial charge in [-0.2, -0.15) is 0 Å². The van der Waals surface area contributed by atoms with Gasteiger partial charge in [0.2, 0.25) is 5.91 Å². The molecule has 0 fully saturated rings. The van der Waals surface area contributed by atoms with E-state index in [4.69, 9.17) is 23.2 Å². The highest BCUT2D eigenvalue weighted by Gasteiger charge is 2.03. The largest absolute Gasteiger partial charge is 0.298 e. The fourth-order valence-electron chi connectivity index (χ4n) is 1.25. The van der Waals surface area contributed by atoms with Crippen molar-refractivity contribution in [1.82, 2.24) is 4.98 Å². The van der Waals surface area contributed by atoms with Gasteiger partial charge in [0.15, 0.2) is 5.13 Å². The average molecular weight is 299 g/mol. The molecule has 0 aliphatic rings. The van der Waals surface area contributed by atoms with Crippen molar-refractivity contribution in [3.05, 3.63) is 51.5 Å². The van der Waals surface area contributed by atoms with Crippen LogP contribution in [0.4, 0.5) is 5.13 Å². The molecule has 0 spiro atoms. The first-order chi connectivity index (χ1) is 8.66. The van der Waals surface area contributed by atoms with E-state index in [0.717, 1.165) is 0 Å². The molecule has 0 atom stereocenters. The van der Waals surface area contributed by atoms with Crippen LogP contribution in [0.3, 0.4) is 0 Å². The van der Waals surface area contributed by atoms with Crippen LogP contribution < -0.4 is 5.32 Å². The maximum atomic E-state index is 11.6. The summed E-state index contributed by atoms with van der Waals surface area (Å²) in [4.78, 5) is 15.5. The second-order valence-corrected chi connectivity index (χ2v) is 4.98. The van der Waals surface area contributed by atoms with Crippen LogP contribution in [0.25, 0.3) is 6.08 Å². The van der Waals surface area contributed by atoms with Crippen LogP contribution in [0.15, 0.2) is 35.9 Å². The van der Waals surface area contributed by atoms with Crippen LogP contribution >= 0.6 is 34.5 Å². The maximum absolute atomic E-state index is 11.6. The number of aromatic nitrogens is 1. The quantitative estimate of drug-likeness (QED) is 0.867. The number of amides is 1. The van der Waals surface area contributed by atoms with E-state index < -0.39 is 0 Å². The van der Waals surface area contributed by atoms with Crippen LogP contribution in [0.5, 0.6) is 0 Å². The van der Waals surface area contributed by atoms with Gasteiger partial charge in [-0.05, 0) is 17.7 Å². The number of hydrogen-bond donors (Lipinski definition) is 1. The summed E-state index contributed by atoms with van der Waals surface area (Å²) in [5, 5.41) is 5.86. The number of thiazole rings is 1. The molecule has 1 amide bonds. The fourth-order valence-corrected chi connectivity index (χ4v) is 2.15. The minimum Gasteiger partial charge on any atom is -0.298 e. The molecule has 1 aromatic carbocycles. The first-order valence-electron chi connectivity index (χ1n) is 4.99. The molecule has 0 saturated carbocycles. The predicted octanol–water partition coefficient (Wildman–Crippen LogP) is 4.10. The Morgan fingerprint density at radius 2 is 2.22 bits per heavy atom. The van der Waals surface area contributed by atoms with E-state index in [2.05, 4.69) is 10.3 Å². The first kappa shape index (κ1) is 13.1. The molecule has 1 aromatic heterocycles. The van der Waals surface area contributed by atoms with Crippen molar-refractivity contribution in [1.29, 1.82) is 0 Å². The van der Waals surface area contributed by atoms with E-state index in [1.165, 1.54) is 17.4 Å². The lowest BCUT2D eigenvalue weighted by Crippen LogP contribution is -2.07. The predicted molar refractivity (Wildman–Crippen MR) is 76.2 cm³/mol. The summed E-state index contributed by atoms with van der Waals surface area (Å²) in [5.74, 6) is -0.263. The molecule has 1 N–H and O–H groups in total. The number of anilines is 1. The first-order valence-corrected chi connectivity index (χ1v) is 6.63. The van der Waals surface area contributed by atoms with Gasteiger partial charge in [0, 0.05) is 17.7 Å². The molecular formula is C12H8Cl2N2OS. The highest BCUT2D eigenvalue weighted by atomic mass is 35.5. The van der Waals surface area contributed by atoms with Gasteiger partial charge in [0.05, 0.1) is 10.0 Å². The lowest BCUT2D eigenvalue weighted by molar-refractivity contribution is -0.111. The fraction of sp³-hybridized carbons (Fsp3) is 0. The van der Waals surface area contributed by atoms with Crippen LogP contribution in [0, 0.1) is 0 Å². The van der Waals surface area contributed by atoms with Gasteiger partial charge in [-0.15, -0.1) is 11.3 Å². The molecule has 0 radical (unpaired) electrons. The minimum absolute atomic E-state index is 0.263. The van der Waals surface area contributed by atoms with Crippen molar-refractivity contribution in [3.8, 4) is 0 Å². The van der Waals surface area contributed by atoms with Gasteiger partial charge in [0.25, 0.3) is 0 Å². The van der Waals surface area contributed by atoms with E-state index in [9.17, 15) is 4.79 Å². The highest BCUT2D eigenvalue weighted by molar-refractivity contribution is 7.13. The molecule has 2 rings (SSSR count). The van der Waals surface area contributed by atoms with Crippen molar-refractivity contribution >= 4 is 51.7 Å². The Balaban J connectivity index is 2.06. The van der Waals surface area contributed by atoms with Crippen molar-refractivity contribution < 1.29 is 4.79 Å². The Morgan fingerprint density at radius 3 is 2.94 bits per heavy atom. The minimum atomic E-state index is -0.263. The van der Waals surface area contributed by atoms with Gasteiger partial charge in [-0.3, -0.25) is 10.1 Å². The molecule has 92 valence electrons. The van der Waals surface area contributed by atoms with E-state index >= 15 is 0 Å². The molecule has 0 aliphatic heterocycles. The van der Waals surface area contributed by atoms with Gasteiger partial charge >= 0.3 is 0 Å². The second-order valence-electron chi connectivity index (χ2n) is 3.30. The molecule has 0 aliphatic carbocycles. The van der Waals surface area contributed by atoms with Gasteiger partial charge in [-0.1, -0.05) is 35.3 Å². The Kier molecular flexibility index (Phi) is 4.36. The lowest BCUT2D eigenvalue weighted by atomic mass is 10.2. The van der Waals surface area contributed by atoms with Crippen molar-refractivity contribution in [2.75, 3.05) is 5.32 Å². The van der Waals surface area contributed by atoms with E-state index in [0.29, 0.717) is 20.7 Å². The Hall–Kier alpha value is -1.36. The summed E-state index contributed by atoms with van der Waals surface area (Å²) < 4.78 is 0. The van der Waals surface area contributed by atoms with E-state index in [1.54, 1.807) is 35.9 Å². The summed E-state index contributed by atoms with van der Waals surface area (Å²) in [6.07, 6.45) is 4.62. The van der Waals surface area contributed by atoms with Gasteiger partial charge in [0.1, 0.15) is 0 Å². The van der Waals surface area contributed by atoms with Gasteiger partial charge in [-0.25, -0.2) is 4.98 Å². The third kappa shape index (κ3) is 3.32. The molecule has 3 nitrogen and oxygen atoms in total. The smallest absolute Gasteiger partial charge is 0.250 e. The number of carbonyl (C=O) groups is 1. The Bertz CT molecular complexity index is 582. The number of carbonyl (C=O) groups excluding carboxylic acids is 1. The topological polar surface area (TPSA) is 42.0 Å². The molecule has 0 bridgehead atoms. The highest BCUT2D eigenvalue weighted by Crippen LogP contribution is 2.26. The van der Waals surface area contributed by atoms with Crippen molar-refractivity contribution in [3.63, 3.8) is 0 Å². The lowest BCUT2D eigenvalue weighted by Gasteiger charge is -2.00. The summed E-state index contributed by atoms with van der Waals surface area (Å²) in [6, 6.07) is 5.24.